The number of aromatic nitrogens is 2. The van der Waals surface area contributed by atoms with Crippen LogP contribution in [0, 0.1) is 0 Å². The molecule has 0 aromatic carbocycles. The lowest BCUT2D eigenvalue weighted by atomic mass is 10.3. The summed E-state index contributed by atoms with van der Waals surface area (Å²) in [5.41, 5.74) is -0.874. The summed E-state index contributed by atoms with van der Waals surface area (Å²) in [6, 6.07) is 4.08. The Hall–Kier alpha value is -1.89. The highest BCUT2D eigenvalue weighted by Gasteiger charge is 2.11. The summed E-state index contributed by atoms with van der Waals surface area (Å²) in [4.78, 5) is 28.0. The molecule has 2 aromatic heterocycles. The molecule has 0 aliphatic rings. The van der Waals surface area contributed by atoms with E-state index < -0.39 is 11.5 Å². The van der Waals surface area contributed by atoms with Crippen molar-refractivity contribution in [1.29, 1.82) is 0 Å². The summed E-state index contributed by atoms with van der Waals surface area (Å²) in [5, 5.41) is 8.73. The highest BCUT2D eigenvalue weighted by atomic mass is 79.9. The van der Waals surface area contributed by atoms with Gasteiger partial charge in [0.05, 0.1) is 0 Å². The predicted molar refractivity (Wildman–Crippen MR) is 57.2 cm³/mol. The second-order valence-corrected chi connectivity index (χ2v) is 3.67. The Morgan fingerprint density at radius 1 is 1.50 bits per heavy atom. The van der Waals surface area contributed by atoms with Gasteiger partial charge in [-0.05, 0) is 28.1 Å². The van der Waals surface area contributed by atoms with Crippen molar-refractivity contribution in [2.45, 2.75) is 0 Å². The molecule has 2 N–H and O–H groups in total. The highest BCUT2D eigenvalue weighted by Crippen LogP contribution is 2.21. The minimum atomic E-state index is -1.27. The molecule has 2 heterocycles. The van der Waals surface area contributed by atoms with Crippen molar-refractivity contribution in [3.8, 4) is 11.6 Å². The fraction of sp³-hybridized carbons (Fsp3) is 0. The fourth-order valence-electron chi connectivity index (χ4n) is 1.13. The van der Waals surface area contributed by atoms with E-state index in [0.717, 1.165) is 6.07 Å². The van der Waals surface area contributed by atoms with E-state index in [1.54, 1.807) is 12.1 Å². The SMILES string of the molecule is O=C(O)c1cc(=O)[nH]c(-c2ccc(Br)o2)n1. The molecule has 0 spiro atoms. The van der Waals surface area contributed by atoms with Crippen molar-refractivity contribution in [3.05, 3.63) is 38.9 Å². The summed E-state index contributed by atoms with van der Waals surface area (Å²) < 4.78 is 5.61. The lowest BCUT2D eigenvalue weighted by Crippen LogP contribution is -2.13. The molecule has 0 atom stereocenters. The first-order valence-corrected chi connectivity index (χ1v) is 4.96. The number of rotatable bonds is 2. The molecule has 0 saturated carbocycles. The first-order valence-electron chi connectivity index (χ1n) is 4.16. The van der Waals surface area contributed by atoms with E-state index in [2.05, 4.69) is 25.9 Å². The molecule has 82 valence electrons. The average Bonchev–Trinajstić information content (AvgIpc) is 2.64. The van der Waals surface area contributed by atoms with Gasteiger partial charge in [0.15, 0.2) is 21.9 Å². The van der Waals surface area contributed by atoms with Crippen LogP contribution in [-0.4, -0.2) is 21.0 Å². The maximum Gasteiger partial charge on any atom is 0.354 e. The predicted octanol–water partition coefficient (Wildman–Crippen LogP) is 1.49. The summed E-state index contributed by atoms with van der Waals surface area (Å²) in [5.74, 6) is -0.902. The van der Waals surface area contributed by atoms with Gasteiger partial charge < -0.3 is 14.5 Å². The topological polar surface area (TPSA) is 96.2 Å². The van der Waals surface area contributed by atoms with E-state index in [1.807, 2.05) is 0 Å². The first-order chi connectivity index (χ1) is 7.56. The van der Waals surface area contributed by atoms with Crippen molar-refractivity contribution in [3.63, 3.8) is 0 Å². The standard InChI is InChI=1S/C9H5BrN2O4/c10-6-2-1-5(16-6)8-11-4(9(14)15)3-7(13)12-8/h1-3H,(H,14,15)(H,11,12,13). The minimum Gasteiger partial charge on any atom is -0.477 e. The van der Waals surface area contributed by atoms with Crippen molar-refractivity contribution in [1.82, 2.24) is 9.97 Å². The number of carboxylic acid groups (broad SMARTS) is 1. The quantitative estimate of drug-likeness (QED) is 0.871. The molecule has 7 heteroatoms. The number of H-pyrrole nitrogens is 1. The highest BCUT2D eigenvalue weighted by molar-refractivity contribution is 9.10. The van der Waals surface area contributed by atoms with Gasteiger partial charge >= 0.3 is 5.97 Å². The van der Waals surface area contributed by atoms with Gasteiger partial charge in [-0.2, -0.15) is 0 Å². The molecule has 2 aromatic rings. The summed E-state index contributed by atoms with van der Waals surface area (Å²) in [6.45, 7) is 0. The van der Waals surface area contributed by atoms with Gasteiger partial charge in [0, 0.05) is 6.07 Å². The van der Waals surface area contributed by atoms with E-state index in [4.69, 9.17) is 9.52 Å². The van der Waals surface area contributed by atoms with Crippen LogP contribution in [0.3, 0.4) is 0 Å². The number of furan rings is 1. The van der Waals surface area contributed by atoms with Crippen molar-refractivity contribution in [2.24, 2.45) is 0 Å². The van der Waals surface area contributed by atoms with Gasteiger partial charge in [0.2, 0.25) is 0 Å². The zero-order valence-electron chi connectivity index (χ0n) is 7.73. The molecule has 0 bridgehead atoms. The lowest BCUT2D eigenvalue weighted by molar-refractivity contribution is 0.0690. The number of carbonyl (C=O) groups is 1. The second kappa shape index (κ2) is 3.93. The number of aromatic amines is 1. The van der Waals surface area contributed by atoms with Crippen molar-refractivity contribution >= 4 is 21.9 Å². The van der Waals surface area contributed by atoms with Crippen LogP contribution >= 0.6 is 15.9 Å². The molecule has 16 heavy (non-hydrogen) atoms. The number of hydrogen-bond acceptors (Lipinski definition) is 4. The Morgan fingerprint density at radius 2 is 2.25 bits per heavy atom. The number of hydrogen-bond donors (Lipinski definition) is 2. The van der Waals surface area contributed by atoms with Gasteiger partial charge in [0.1, 0.15) is 0 Å². The smallest absolute Gasteiger partial charge is 0.354 e. The van der Waals surface area contributed by atoms with Gasteiger partial charge in [0.25, 0.3) is 5.56 Å². The molecule has 0 amide bonds. The van der Waals surface area contributed by atoms with Gasteiger partial charge in [-0.3, -0.25) is 4.79 Å². The van der Waals surface area contributed by atoms with Crippen LogP contribution in [0.1, 0.15) is 10.5 Å². The van der Waals surface area contributed by atoms with Gasteiger partial charge in [-0.25, -0.2) is 9.78 Å². The molecule has 6 nitrogen and oxygen atoms in total. The Morgan fingerprint density at radius 3 is 2.81 bits per heavy atom. The summed E-state index contributed by atoms with van der Waals surface area (Å²) in [6.07, 6.45) is 0. The molecule has 0 saturated heterocycles. The van der Waals surface area contributed by atoms with Gasteiger partial charge in [-0.15, -0.1) is 0 Å². The normalized spacial score (nSPS) is 10.3. The largest absolute Gasteiger partial charge is 0.477 e. The first kappa shape index (κ1) is 10.6. The zero-order chi connectivity index (χ0) is 11.7. The van der Waals surface area contributed by atoms with E-state index >= 15 is 0 Å². The number of halogens is 1. The number of nitrogens with zero attached hydrogens (tertiary/aromatic N) is 1. The maximum absolute atomic E-state index is 11.2. The Labute approximate surface area is 97.1 Å². The summed E-state index contributed by atoms with van der Waals surface area (Å²) >= 11 is 3.09. The van der Waals surface area contributed by atoms with Crippen LogP contribution in [-0.2, 0) is 0 Å². The Balaban J connectivity index is 2.57. The number of aromatic carboxylic acids is 1. The van der Waals surface area contributed by atoms with Crippen molar-refractivity contribution in [2.75, 3.05) is 0 Å². The fourth-order valence-corrected chi connectivity index (χ4v) is 1.43. The van der Waals surface area contributed by atoms with E-state index in [9.17, 15) is 9.59 Å². The molecular weight excluding hydrogens is 280 g/mol. The van der Waals surface area contributed by atoms with E-state index in [0.29, 0.717) is 4.67 Å². The van der Waals surface area contributed by atoms with Crippen LogP contribution in [0.4, 0.5) is 0 Å². The Bertz CT molecular complexity index is 602. The van der Waals surface area contributed by atoms with Crippen LogP contribution in [0.15, 0.2) is 32.1 Å². The second-order valence-electron chi connectivity index (χ2n) is 2.89. The van der Waals surface area contributed by atoms with E-state index in [-0.39, 0.29) is 17.3 Å². The van der Waals surface area contributed by atoms with E-state index in [1.165, 1.54) is 0 Å². The average molecular weight is 285 g/mol. The van der Waals surface area contributed by atoms with Crippen LogP contribution in [0.25, 0.3) is 11.6 Å². The molecule has 0 aliphatic heterocycles. The number of nitrogens with one attached hydrogen (secondary N) is 1. The van der Waals surface area contributed by atoms with Crippen LogP contribution in [0.5, 0.6) is 0 Å². The third kappa shape index (κ3) is 2.03. The van der Waals surface area contributed by atoms with Gasteiger partial charge in [-0.1, -0.05) is 0 Å². The maximum atomic E-state index is 11.2. The third-order valence-electron chi connectivity index (χ3n) is 1.77. The molecule has 0 fully saturated rings. The zero-order valence-corrected chi connectivity index (χ0v) is 9.32. The molecule has 0 radical (unpaired) electrons. The van der Waals surface area contributed by atoms with Crippen molar-refractivity contribution < 1.29 is 14.3 Å². The third-order valence-corrected chi connectivity index (χ3v) is 2.19. The number of carboxylic acids is 1. The molecule has 0 unspecified atom stereocenters. The van der Waals surface area contributed by atoms with Crippen LogP contribution < -0.4 is 5.56 Å². The van der Waals surface area contributed by atoms with Crippen LogP contribution in [0.2, 0.25) is 0 Å². The summed E-state index contributed by atoms with van der Waals surface area (Å²) in [7, 11) is 0. The molecular formula is C9H5BrN2O4. The minimum absolute atomic E-state index is 0.0793. The molecule has 0 aliphatic carbocycles. The monoisotopic (exact) mass is 284 g/mol. The Kier molecular flexibility index (Phi) is 2.61. The lowest BCUT2D eigenvalue weighted by Gasteiger charge is -1.97. The molecule has 2 rings (SSSR count).